The fraction of sp³-hybridized carbons (Fsp3) is 0.412. The summed E-state index contributed by atoms with van der Waals surface area (Å²) in [5, 5.41) is 6.67. The van der Waals surface area contributed by atoms with E-state index >= 15 is 0 Å². The van der Waals surface area contributed by atoms with Crippen LogP contribution in [-0.4, -0.2) is 47.1 Å². The molecule has 134 valence electrons. The van der Waals surface area contributed by atoms with Gasteiger partial charge in [-0.2, -0.15) is 0 Å². The van der Waals surface area contributed by atoms with Gasteiger partial charge in [-0.3, -0.25) is 14.4 Å². The number of pyridine rings is 1. The van der Waals surface area contributed by atoms with Crippen molar-refractivity contribution >= 4 is 11.8 Å². The Hall–Kier alpha value is -2.90. The highest BCUT2D eigenvalue weighted by Crippen LogP contribution is 2.12. The Morgan fingerprint density at radius 1 is 1.28 bits per heavy atom. The van der Waals surface area contributed by atoms with Gasteiger partial charge >= 0.3 is 0 Å². The minimum atomic E-state index is -0.331. The van der Waals surface area contributed by atoms with Crippen molar-refractivity contribution in [3.05, 3.63) is 51.3 Å². The fourth-order valence-corrected chi connectivity index (χ4v) is 2.34. The number of nitrogens with zero attached hydrogens (tertiary/aromatic N) is 3. The normalized spacial score (nSPS) is 10.6. The second-order valence-corrected chi connectivity index (χ2v) is 5.98. The summed E-state index contributed by atoms with van der Waals surface area (Å²) in [6.07, 6.45) is 2.00. The molecule has 0 atom stereocenters. The van der Waals surface area contributed by atoms with E-state index in [1.54, 1.807) is 14.1 Å². The Morgan fingerprint density at radius 3 is 2.60 bits per heavy atom. The lowest BCUT2D eigenvalue weighted by molar-refractivity contribution is -0.129. The molecule has 0 saturated heterocycles. The van der Waals surface area contributed by atoms with E-state index in [9.17, 15) is 14.4 Å². The second-order valence-electron chi connectivity index (χ2n) is 5.98. The molecule has 0 aliphatic carbocycles. The van der Waals surface area contributed by atoms with Gasteiger partial charge in [0.05, 0.1) is 11.3 Å². The average Bonchev–Trinajstić information content (AvgIpc) is 2.88. The van der Waals surface area contributed by atoms with Crippen molar-refractivity contribution in [3.8, 4) is 0 Å². The predicted octanol–water partition coefficient (Wildman–Crippen LogP) is 0.514. The van der Waals surface area contributed by atoms with Crippen molar-refractivity contribution < 1.29 is 14.1 Å². The van der Waals surface area contributed by atoms with E-state index in [0.717, 1.165) is 17.0 Å². The number of aromatic nitrogens is 2. The zero-order valence-corrected chi connectivity index (χ0v) is 14.8. The molecular formula is C17H22N4O4. The van der Waals surface area contributed by atoms with Crippen LogP contribution in [0.1, 0.15) is 27.4 Å². The SMILES string of the molecule is Cc1noc(C)c1CCNC(=O)c1ccc(=O)n(CC(=O)N(C)C)c1. The smallest absolute Gasteiger partial charge is 0.252 e. The van der Waals surface area contributed by atoms with Gasteiger partial charge in [-0.05, 0) is 26.3 Å². The van der Waals surface area contributed by atoms with E-state index in [0.29, 0.717) is 18.5 Å². The lowest BCUT2D eigenvalue weighted by Crippen LogP contribution is -2.32. The first-order valence-corrected chi connectivity index (χ1v) is 7.90. The summed E-state index contributed by atoms with van der Waals surface area (Å²) in [6.45, 7) is 3.99. The third-order valence-corrected chi connectivity index (χ3v) is 3.89. The predicted molar refractivity (Wildman–Crippen MR) is 91.4 cm³/mol. The first kappa shape index (κ1) is 18.4. The Morgan fingerprint density at radius 2 is 2.00 bits per heavy atom. The van der Waals surface area contributed by atoms with E-state index in [-0.39, 0.29) is 23.9 Å². The number of carbonyl (C=O) groups is 2. The number of hydrogen-bond acceptors (Lipinski definition) is 5. The number of rotatable bonds is 6. The topological polar surface area (TPSA) is 97.4 Å². The van der Waals surface area contributed by atoms with Crippen molar-refractivity contribution in [2.24, 2.45) is 0 Å². The van der Waals surface area contributed by atoms with Crippen LogP contribution >= 0.6 is 0 Å². The van der Waals surface area contributed by atoms with Crippen LogP contribution in [0, 0.1) is 13.8 Å². The van der Waals surface area contributed by atoms with Crippen LogP contribution in [-0.2, 0) is 17.8 Å². The highest BCUT2D eigenvalue weighted by Gasteiger charge is 2.12. The highest BCUT2D eigenvalue weighted by atomic mass is 16.5. The van der Waals surface area contributed by atoms with Crippen LogP contribution in [0.25, 0.3) is 0 Å². The molecule has 8 heteroatoms. The minimum absolute atomic E-state index is 0.105. The molecule has 0 radical (unpaired) electrons. The van der Waals surface area contributed by atoms with Gasteiger partial charge in [0.2, 0.25) is 5.91 Å². The number of likely N-dealkylation sites (N-methyl/N-ethyl adjacent to an activating group) is 1. The molecule has 2 rings (SSSR count). The van der Waals surface area contributed by atoms with Crippen molar-refractivity contribution in [2.75, 3.05) is 20.6 Å². The Bertz CT molecular complexity index is 816. The van der Waals surface area contributed by atoms with Gasteiger partial charge in [-0.1, -0.05) is 5.16 Å². The maximum Gasteiger partial charge on any atom is 0.252 e. The summed E-state index contributed by atoms with van der Waals surface area (Å²) >= 11 is 0. The lowest BCUT2D eigenvalue weighted by Gasteiger charge is -2.12. The maximum atomic E-state index is 12.3. The van der Waals surface area contributed by atoms with Crippen molar-refractivity contribution in [1.29, 1.82) is 0 Å². The van der Waals surface area contributed by atoms with Gasteiger partial charge in [-0.25, -0.2) is 0 Å². The van der Waals surface area contributed by atoms with E-state index in [2.05, 4.69) is 10.5 Å². The van der Waals surface area contributed by atoms with Gasteiger partial charge in [0.15, 0.2) is 0 Å². The van der Waals surface area contributed by atoms with Gasteiger partial charge in [0.25, 0.3) is 11.5 Å². The largest absolute Gasteiger partial charge is 0.361 e. The summed E-state index contributed by atoms with van der Waals surface area (Å²) in [5.74, 6) is 0.207. The van der Waals surface area contributed by atoms with Crippen LogP contribution in [0.15, 0.2) is 27.6 Å². The van der Waals surface area contributed by atoms with Crippen molar-refractivity contribution in [3.63, 3.8) is 0 Å². The molecular weight excluding hydrogens is 324 g/mol. The third kappa shape index (κ3) is 4.56. The highest BCUT2D eigenvalue weighted by molar-refractivity contribution is 5.93. The summed E-state index contributed by atoms with van der Waals surface area (Å²) in [6, 6.07) is 2.73. The molecule has 8 nitrogen and oxygen atoms in total. The molecule has 1 N–H and O–H groups in total. The minimum Gasteiger partial charge on any atom is -0.361 e. The number of hydrogen-bond donors (Lipinski definition) is 1. The zero-order chi connectivity index (χ0) is 18.6. The van der Waals surface area contributed by atoms with Gasteiger partial charge < -0.3 is 19.3 Å². The van der Waals surface area contributed by atoms with Crippen LogP contribution < -0.4 is 10.9 Å². The first-order chi connectivity index (χ1) is 11.8. The molecule has 0 aliphatic heterocycles. The van der Waals surface area contributed by atoms with Gasteiger partial charge in [-0.15, -0.1) is 0 Å². The number of carbonyl (C=O) groups excluding carboxylic acids is 2. The Kier molecular flexibility index (Phi) is 5.74. The number of aryl methyl sites for hydroxylation is 2. The van der Waals surface area contributed by atoms with Gasteiger partial charge in [0, 0.05) is 38.5 Å². The molecule has 0 saturated carbocycles. The van der Waals surface area contributed by atoms with Crippen LogP contribution in [0.4, 0.5) is 0 Å². The standard InChI is InChI=1S/C17H22N4O4/c1-11-14(12(2)25-19-11)7-8-18-17(24)13-5-6-15(22)21(9-13)10-16(23)20(3)4/h5-6,9H,7-8,10H2,1-4H3,(H,18,24). The van der Waals surface area contributed by atoms with E-state index in [1.807, 2.05) is 13.8 Å². The number of nitrogens with one attached hydrogen (secondary N) is 1. The molecule has 2 amide bonds. The summed E-state index contributed by atoms with van der Waals surface area (Å²) < 4.78 is 6.31. The molecule has 0 aliphatic rings. The molecule has 0 aromatic carbocycles. The molecule has 0 unspecified atom stereocenters. The van der Waals surface area contributed by atoms with Crippen molar-refractivity contribution in [2.45, 2.75) is 26.8 Å². The van der Waals surface area contributed by atoms with E-state index < -0.39 is 0 Å². The molecule has 0 bridgehead atoms. The molecule has 2 aromatic rings. The van der Waals surface area contributed by atoms with E-state index in [1.165, 1.54) is 27.8 Å². The quantitative estimate of drug-likeness (QED) is 0.822. The van der Waals surface area contributed by atoms with Crippen LogP contribution in [0.5, 0.6) is 0 Å². The fourth-order valence-electron chi connectivity index (χ4n) is 2.34. The summed E-state index contributed by atoms with van der Waals surface area (Å²) in [5.41, 5.74) is 1.77. The molecule has 25 heavy (non-hydrogen) atoms. The van der Waals surface area contributed by atoms with Crippen LogP contribution in [0.3, 0.4) is 0 Å². The third-order valence-electron chi connectivity index (χ3n) is 3.89. The average molecular weight is 346 g/mol. The summed E-state index contributed by atoms with van der Waals surface area (Å²) in [7, 11) is 3.22. The monoisotopic (exact) mass is 346 g/mol. The first-order valence-electron chi connectivity index (χ1n) is 7.90. The summed E-state index contributed by atoms with van der Waals surface area (Å²) in [4.78, 5) is 37.3. The molecule has 2 heterocycles. The lowest BCUT2D eigenvalue weighted by atomic mass is 10.1. The molecule has 0 fully saturated rings. The zero-order valence-electron chi connectivity index (χ0n) is 14.8. The van der Waals surface area contributed by atoms with Crippen LogP contribution in [0.2, 0.25) is 0 Å². The van der Waals surface area contributed by atoms with Gasteiger partial charge in [0.1, 0.15) is 12.3 Å². The Balaban J connectivity index is 2.02. The Labute approximate surface area is 145 Å². The molecule has 0 spiro atoms. The second kappa shape index (κ2) is 7.78. The number of amides is 2. The van der Waals surface area contributed by atoms with Crippen molar-refractivity contribution in [1.82, 2.24) is 19.9 Å². The van der Waals surface area contributed by atoms with E-state index in [4.69, 9.17) is 4.52 Å². The maximum absolute atomic E-state index is 12.3. The molecule has 2 aromatic heterocycles.